The fraction of sp³-hybridized carbons (Fsp3) is 0. The minimum Gasteiger partial charge on any atom is -0.454 e. The van der Waals surface area contributed by atoms with Crippen LogP contribution in [-0.4, -0.2) is 9.97 Å². The highest BCUT2D eigenvalue weighted by atomic mass is 79.9. The topological polar surface area (TPSA) is 38.9 Å². The molecule has 0 saturated heterocycles. The van der Waals surface area contributed by atoms with Gasteiger partial charge in [-0.05, 0) is 40.2 Å². The lowest BCUT2D eigenvalue weighted by atomic mass is 10.2. The van der Waals surface area contributed by atoms with Crippen molar-refractivity contribution in [2.45, 2.75) is 0 Å². The number of hydrogen-bond acceptors (Lipinski definition) is 3. The molecule has 84 valence electrons. The van der Waals surface area contributed by atoms with Crippen molar-refractivity contribution in [2.75, 3.05) is 0 Å². The number of hydrogen-bond donors (Lipinski definition) is 0. The van der Waals surface area contributed by atoms with E-state index in [1.54, 1.807) is 12.1 Å². The number of furan rings is 1. The third-order valence-corrected chi connectivity index (χ3v) is 3.03. The van der Waals surface area contributed by atoms with E-state index in [0.29, 0.717) is 10.8 Å². The first-order valence-corrected chi connectivity index (χ1v) is 6.06. The first-order chi connectivity index (χ1) is 8.22. The normalized spacial score (nSPS) is 10.9. The predicted octanol–water partition coefficient (Wildman–Crippen LogP) is 4.31. The second-order valence-corrected chi connectivity index (χ2v) is 4.77. The van der Waals surface area contributed by atoms with Gasteiger partial charge in [-0.1, -0.05) is 11.6 Å². The van der Waals surface area contributed by atoms with Crippen LogP contribution in [0.25, 0.3) is 22.4 Å². The average molecular weight is 310 g/mol. The van der Waals surface area contributed by atoms with Gasteiger partial charge in [0.15, 0.2) is 5.76 Å². The molecule has 0 spiro atoms. The van der Waals surface area contributed by atoms with Crippen LogP contribution in [0, 0.1) is 0 Å². The molecule has 0 fully saturated rings. The van der Waals surface area contributed by atoms with Crippen molar-refractivity contribution >= 4 is 38.5 Å². The van der Waals surface area contributed by atoms with Crippen LogP contribution in [0.15, 0.2) is 45.7 Å². The van der Waals surface area contributed by atoms with Crippen molar-refractivity contribution in [3.05, 3.63) is 46.3 Å². The lowest BCUT2D eigenvalue weighted by molar-refractivity contribution is 0.628. The molecule has 1 aromatic carbocycles. The van der Waals surface area contributed by atoms with Crippen LogP contribution in [0.3, 0.4) is 0 Å². The second-order valence-electron chi connectivity index (χ2n) is 3.52. The van der Waals surface area contributed by atoms with Crippen molar-refractivity contribution in [3.63, 3.8) is 0 Å². The molecule has 5 heteroatoms. The predicted molar refractivity (Wildman–Crippen MR) is 70.0 cm³/mol. The minimum absolute atomic E-state index is 0.689. The van der Waals surface area contributed by atoms with Gasteiger partial charge < -0.3 is 4.42 Å². The maximum atomic E-state index is 5.92. The molecule has 0 amide bonds. The lowest BCUT2D eigenvalue weighted by Gasteiger charge is -1.94. The highest BCUT2D eigenvalue weighted by Gasteiger charge is 2.08. The molecular weight excluding hydrogens is 304 g/mol. The lowest BCUT2D eigenvalue weighted by Crippen LogP contribution is -1.83. The van der Waals surface area contributed by atoms with Gasteiger partial charge in [-0.25, -0.2) is 9.97 Å². The Balaban J connectivity index is 2.18. The Morgan fingerprint density at radius 3 is 2.82 bits per heavy atom. The molecule has 0 aliphatic carbocycles. The van der Waals surface area contributed by atoms with Crippen LogP contribution < -0.4 is 0 Å². The number of aromatic nitrogens is 2. The zero-order chi connectivity index (χ0) is 11.8. The molecule has 0 atom stereocenters. The summed E-state index contributed by atoms with van der Waals surface area (Å²) in [5, 5.41) is 1.65. The van der Waals surface area contributed by atoms with E-state index in [-0.39, 0.29) is 0 Å². The Morgan fingerprint density at radius 2 is 2.00 bits per heavy atom. The van der Waals surface area contributed by atoms with Crippen molar-refractivity contribution in [1.82, 2.24) is 9.97 Å². The quantitative estimate of drug-likeness (QED) is 0.629. The third-order valence-electron chi connectivity index (χ3n) is 2.36. The average Bonchev–Trinajstić information content (AvgIpc) is 2.72. The summed E-state index contributed by atoms with van der Waals surface area (Å²) in [5.74, 6) is 0.699. The Bertz CT molecular complexity index is 696. The molecule has 0 N–H and O–H groups in total. The highest BCUT2D eigenvalue weighted by Crippen LogP contribution is 2.28. The largest absolute Gasteiger partial charge is 0.454 e. The molecule has 0 aliphatic rings. The van der Waals surface area contributed by atoms with E-state index in [1.165, 1.54) is 6.33 Å². The van der Waals surface area contributed by atoms with Gasteiger partial charge in [-0.2, -0.15) is 0 Å². The standard InChI is InChI=1S/C12H6BrClN2O/c13-12-5-9(15-6-16-12)11-4-7-3-8(14)1-2-10(7)17-11/h1-6H. The monoisotopic (exact) mass is 308 g/mol. The van der Waals surface area contributed by atoms with Gasteiger partial charge in [0.2, 0.25) is 0 Å². The number of benzene rings is 1. The Labute approximate surface area is 111 Å². The van der Waals surface area contributed by atoms with Crippen LogP contribution in [0.5, 0.6) is 0 Å². The number of rotatable bonds is 1. The maximum Gasteiger partial charge on any atom is 0.153 e. The van der Waals surface area contributed by atoms with Crippen LogP contribution in [0.1, 0.15) is 0 Å². The Hall–Kier alpha value is -1.39. The number of nitrogens with zero attached hydrogens (tertiary/aromatic N) is 2. The van der Waals surface area contributed by atoms with Crippen LogP contribution >= 0.6 is 27.5 Å². The SMILES string of the molecule is Clc1ccc2oc(-c3cc(Br)ncn3)cc2c1. The van der Waals surface area contributed by atoms with Crippen LogP contribution in [0.4, 0.5) is 0 Å². The van der Waals surface area contributed by atoms with E-state index >= 15 is 0 Å². The molecule has 0 radical (unpaired) electrons. The first kappa shape index (κ1) is 10.7. The van der Waals surface area contributed by atoms with Crippen molar-refractivity contribution < 1.29 is 4.42 Å². The van der Waals surface area contributed by atoms with Gasteiger partial charge in [0.1, 0.15) is 22.2 Å². The summed E-state index contributed by atoms with van der Waals surface area (Å²) in [6, 6.07) is 9.22. The first-order valence-electron chi connectivity index (χ1n) is 4.89. The number of halogens is 2. The molecule has 2 heterocycles. The summed E-state index contributed by atoms with van der Waals surface area (Å²) in [5.41, 5.74) is 1.53. The molecule has 0 aliphatic heterocycles. The minimum atomic E-state index is 0.689. The molecule has 2 aromatic heterocycles. The maximum absolute atomic E-state index is 5.92. The van der Waals surface area contributed by atoms with E-state index in [9.17, 15) is 0 Å². The smallest absolute Gasteiger partial charge is 0.153 e. The summed E-state index contributed by atoms with van der Waals surface area (Å²) >= 11 is 9.23. The zero-order valence-corrected chi connectivity index (χ0v) is 10.9. The van der Waals surface area contributed by atoms with Gasteiger partial charge in [0, 0.05) is 16.5 Å². The second kappa shape index (κ2) is 4.13. The van der Waals surface area contributed by atoms with Crippen molar-refractivity contribution in [2.24, 2.45) is 0 Å². The van der Waals surface area contributed by atoms with Crippen LogP contribution in [0.2, 0.25) is 5.02 Å². The van der Waals surface area contributed by atoms with Gasteiger partial charge in [0.25, 0.3) is 0 Å². The number of fused-ring (bicyclic) bond motifs is 1. The van der Waals surface area contributed by atoms with Crippen LogP contribution in [-0.2, 0) is 0 Å². The molecule has 17 heavy (non-hydrogen) atoms. The Morgan fingerprint density at radius 1 is 1.12 bits per heavy atom. The van der Waals surface area contributed by atoms with E-state index in [0.717, 1.165) is 21.3 Å². The van der Waals surface area contributed by atoms with E-state index in [4.69, 9.17) is 16.0 Å². The molecule has 0 unspecified atom stereocenters. The summed E-state index contributed by atoms with van der Waals surface area (Å²) in [6.07, 6.45) is 1.49. The van der Waals surface area contributed by atoms with Crippen molar-refractivity contribution in [1.29, 1.82) is 0 Å². The fourth-order valence-corrected chi connectivity index (χ4v) is 2.10. The van der Waals surface area contributed by atoms with Gasteiger partial charge in [-0.15, -0.1) is 0 Å². The van der Waals surface area contributed by atoms with E-state index < -0.39 is 0 Å². The van der Waals surface area contributed by atoms with Gasteiger partial charge >= 0.3 is 0 Å². The van der Waals surface area contributed by atoms with E-state index in [1.807, 2.05) is 18.2 Å². The Kier molecular flexibility index (Phi) is 2.61. The highest BCUT2D eigenvalue weighted by molar-refractivity contribution is 9.10. The molecular formula is C12H6BrClN2O. The summed E-state index contributed by atoms with van der Waals surface area (Å²) in [7, 11) is 0. The zero-order valence-electron chi connectivity index (χ0n) is 8.52. The summed E-state index contributed by atoms with van der Waals surface area (Å²) in [4.78, 5) is 8.14. The van der Waals surface area contributed by atoms with Gasteiger partial charge in [-0.3, -0.25) is 0 Å². The molecule has 3 rings (SSSR count). The molecule has 3 aromatic rings. The third kappa shape index (κ3) is 2.06. The fourth-order valence-electron chi connectivity index (χ4n) is 1.61. The summed E-state index contributed by atoms with van der Waals surface area (Å²) < 4.78 is 6.42. The molecule has 0 bridgehead atoms. The van der Waals surface area contributed by atoms with Crippen molar-refractivity contribution in [3.8, 4) is 11.5 Å². The van der Waals surface area contributed by atoms with E-state index in [2.05, 4.69) is 25.9 Å². The molecule has 3 nitrogen and oxygen atoms in total. The van der Waals surface area contributed by atoms with Gasteiger partial charge in [0.05, 0.1) is 0 Å². The molecule has 0 saturated carbocycles. The summed E-state index contributed by atoms with van der Waals surface area (Å²) in [6.45, 7) is 0.